The Morgan fingerprint density at radius 3 is 2.50 bits per heavy atom. The number of carbonyl (C=O) groups excluding carboxylic acids is 1. The van der Waals surface area contributed by atoms with Crippen molar-refractivity contribution in [1.29, 1.82) is 5.41 Å². The molecule has 1 rings (SSSR count). The molecule has 1 aromatic rings. The van der Waals surface area contributed by atoms with Gasteiger partial charge in [-0.2, -0.15) is 13.2 Å². The van der Waals surface area contributed by atoms with Gasteiger partial charge in [-0.1, -0.05) is 6.07 Å². The molecular formula is C10H11F3N4O. The number of guanidine groups is 1. The van der Waals surface area contributed by atoms with Gasteiger partial charge in [0.15, 0.2) is 0 Å². The van der Waals surface area contributed by atoms with Crippen LogP contribution in [0.4, 0.5) is 23.7 Å². The first-order valence-electron chi connectivity index (χ1n) is 4.80. The third-order valence-electron chi connectivity index (χ3n) is 2.07. The van der Waals surface area contributed by atoms with Crippen LogP contribution in [0.25, 0.3) is 0 Å². The summed E-state index contributed by atoms with van der Waals surface area (Å²) in [5, 5.41) is 11.5. The number of hydrogen-bond donors (Lipinski definition) is 4. The number of alkyl halides is 3. The lowest BCUT2D eigenvalue weighted by Crippen LogP contribution is -2.38. The number of urea groups is 1. The lowest BCUT2D eigenvalue weighted by molar-refractivity contribution is -0.137. The fraction of sp³-hybridized carbons (Fsp3) is 0.200. The summed E-state index contributed by atoms with van der Waals surface area (Å²) < 4.78 is 37.4. The molecule has 0 aliphatic rings. The van der Waals surface area contributed by atoms with Crippen molar-refractivity contribution in [2.24, 2.45) is 5.73 Å². The van der Waals surface area contributed by atoms with Gasteiger partial charge in [0.25, 0.3) is 0 Å². The van der Waals surface area contributed by atoms with Crippen molar-refractivity contribution in [3.8, 4) is 0 Å². The lowest BCUT2D eigenvalue weighted by atomic mass is 10.1. The number of primary amides is 1. The molecule has 0 aromatic heterocycles. The summed E-state index contributed by atoms with van der Waals surface area (Å²) in [5.41, 5.74) is 4.50. The third kappa shape index (κ3) is 3.65. The number of amides is 2. The van der Waals surface area contributed by atoms with Crippen LogP contribution in [0.3, 0.4) is 0 Å². The molecule has 98 valence electrons. The molecule has 0 unspecified atom stereocenters. The quantitative estimate of drug-likeness (QED) is 0.459. The SMILES string of the molecule is Cc1ccc(C(F)(F)F)cc1NC(=N)NC(N)=O. The molecule has 0 saturated heterocycles. The molecule has 1 aromatic carbocycles. The fourth-order valence-electron chi connectivity index (χ4n) is 1.22. The number of anilines is 1. The molecular weight excluding hydrogens is 249 g/mol. The van der Waals surface area contributed by atoms with Crippen LogP contribution in [0.15, 0.2) is 18.2 Å². The molecule has 8 heteroatoms. The number of carbonyl (C=O) groups is 1. The maximum absolute atomic E-state index is 12.5. The number of rotatable bonds is 1. The summed E-state index contributed by atoms with van der Waals surface area (Å²) >= 11 is 0. The van der Waals surface area contributed by atoms with Crippen molar-refractivity contribution in [1.82, 2.24) is 5.32 Å². The van der Waals surface area contributed by atoms with Crippen molar-refractivity contribution < 1.29 is 18.0 Å². The Morgan fingerprint density at radius 1 is 1.39 bits per heavy atom. The van der Waals surface area contributed by atoms with E-state index in [4.69, 9.17) is 11.1 Å². The van der Waals surface area contributed by atoms with Crippen LogP contribution in [0.1, 0.15) is 11.1 Å². The van der Waals surface area contributed by atoms with E-state index in [0.29, 0.717) is 5.56 Å². The molecule has 0 heterocycles. The second-order valence-corrected chi connectivity index (χ2v) is 3.52. The zero-order valence-corrected chi connectivity index (χ0v) is 9.35. The second kappa shape index (κ2) is 4.94. The smallest absolute Gasteiger partial charge is 0.351 e. The van der Waals surface area contributed by atoms with Gasteiger partial charge in [0, 0.05) is 5.69 Å². The van der Waals surface area contributed by atoms with E-state index in [1.807, 2.05) is 5.32 Å². The highest BCUT2D eigenvalue weighted by atomic mass is 19.4. The van der Waals surface area contributed by atoms with E-state index in [1.165, 1.54) is 6.07 Å². The van der Waals surface area contributed by atoms with Crippen LogP contribution in [0, 0.1) is 12.3 Å². The highest BCUT2D eigenvalue weighted by Crippen LogP contribution is 2.31. The summed E-state index contributed by atoms with van der Waals surface area (Å²) in [4.78, 5) is 10.5. The predicted molar refractivity (Wildman–Crippen MR) is 60.2 cm³/mol. The largest absolute Gasteiger partial charge is 0.416 e. The first kappa shape index (κ1) is 13.8. The summed E-state index contributed by atoms with van der Waals surface area (Å²) in [5.74, 6) is -0.495. The number of nitrogens with one attached hydrogen (secondary N) is 3. The number of nitrogens with two attached hydrogens (primary N) is 1. The molecule has 0 atom stereocenters. The van der Waals surface area contributed by atoms with Crippen LogP contribution in [0.5, 0.6) is 0 Å². The zero-order chi connectivity index (χ0) is 13.9. The number of aryl methyl sites for hydroxylation is 1. The predicted octanol–water partition coefficient (Wildman–Crippen LogP) is 2.03. The van der Waals surface area contributed by atoms with Crippen molar-refractivity contribution in [3.63, 3.8) is 0 Å². The molecule has 0 saturated carbocycles. The highest BCUT2D eigenvalue weighted by molar-refractivity contribution is 6.01. The summed E-state index contributed by atoms with van der Waals surface area (Å²) in [7, 11) is 0. The van der Waals surface area contributed by atoms with Crippen molar-refractivity contribution in [3.05, 3.63) is 29.3 Å². The van der Waals surface area contributed by atoms with E-state index >= 15 is 0 Å². The molecule has 0 fully saturated rings. The summed E-state index contributed by atoms with van der Waals surface area (Å²) in [6.07, 6.45) is -4.47. The maximum Gasteiger partial charge on any atom is 0.416 e. The molecule has 0 aliphatic carbocycles. The molecule has 0 radical (unpaired) electrons. The van der Waals surface area contributed by atoms with Crippen molar-refractivity contribution >= 4 is 17.7 Å². The van der Waals surface area contributed by atoms with E-state index in [0.717, 1.165) is 12.1 Å². The Labute approximate surface area is 101 Å². The molecule has 18 heavy (non-hydrogen) atoms. The molecule has 0 bridgehead atoms. The Hall–Kier alpha value is -2.25. The lowest BCUT2D eigenvalue weighted by Gasteiger charge is -2.13. The van der Waals surface area contributed by atoms with Gasteiger partial charge in [0.2, 0.25) is 5.96 Å². The van der Waals surface area contributed by atoms with Gasteiger partial charge in [-0.3, -0.25) is 10.7 Å². The van der Waals surface area contributed by atoms with Gasteiger partial charge in [-0.05, 0) is 24.6 Å². The van der Waals surface area contributed by atoms with Gasteiger partial charge in [0.05, 0.1) is 5.56 Å². The van der Waals surface area contributed by atoms with Gasteiger partial charge >= 0.3 is 12.2 Å². The zero-order valence-electron chi connectivity index (χ0n) is 9.35. The molecule has 0 aliphatic heterocycles. The first-order valence-corrected chi connectivity index (χ1v) is 4.80. The molecule has 0 spiro atoms. The Bertz CT molecular complexity index is 485. The summed E-state index contributed by atoms with van der Waals surface area (Å²) in [6, 6.07) is 2.08. The number of hydrogen-bond acceptors (Lipinski definition) is 2. The summed E-state index contributed by atoms with van der Waals surface area (Å²) in [6.45, 7) is 1.57. The average Bonchev–Trinajstić information content (AvgIpc) is 2.18. The number of benzene rings is 1. The second-order valence-electron chi connectivity index (χ2n) is 3.52. The molecule has 5 nitrogen and oxygen atoms in total. The standard InChI is InChI=1S/C10H11F3N4O/c1-5-2-3-6(10(11,12)13)4-7(5)16-8(14)17-9(15)18/h2-4H,1H3,(H5,14,15,16,17,18). The normalized spacial score (nSPS) is 10.9. The van der Waals surface area contributed by atoms with Crippen LogP contribution < -0.4 is 16.4 Å². The monoisotopic (exact) mass is 260 g/mol. The number of halogens is 3. The van der Waals surface area contributed by atoms with Gasteiger partial charge < -0.3 is 11.1 Å². The molecule has 2 amide bonds. The molecule has 5 N–H and O–H groups in total. The average molecular weight is 260 g/mol. The highest BCUT2D eigenvalue weighted by Gasteiger charge is 2.30. The van der Waals surface area contributed by atoms with Crippen LogP contribution in [0.2, 0.25) is 0 Å². The van der Waals surface area contributed by atoms with E-state index in [2.05, 4.69) is 5.32 Å². The topological polar surface area (TPSA) is 91.0 Å². The van der Waals surface area contributed by atoms with Gasteiger partial charge in [-0.25, -0.2) is 4.79 Å². The minimum absolute atomic E-state index is 0.0728. The third-order valence-corrected chi connectivity index (χ3v) is 2.07. The maximum atomic E-state index is 12.5. The van der Waals surface area contributed by atoms with E-state index < -0.39 is 23.7 Å². The Kier molecular flexibility index (Phi) is 3.79. The first-order chi connectivity index (χ1) is 8.20. The Balaban J connectivity index is 2.95. The van der Waals surface area contributed by atoms with Crippen LogP contribution >= 0.6 is 0 Å². The minimum atomic E-state index is -4.47. The van der Waals surface area contributed by atoms with E-state index in [-0.39, 0.29) is 5.69 Å². The van der Waals surface area contributed by atoms with Gasteiger partial charge in [0.1, 0.15) is 0 Å². The minimum Gasteiger partial charge on any atom is -0.351 e. The van der Waals surface area contributed by atoms with Gasteiger partial charge in [-0.15, -0.1) is 0 Å². The van der Waals surface area contributed by atoms with Crippen LogP contribution in [-0.2, 0) is 6.18 Å². The van der Waals surface area contributed by atoms with Crippen molar-refractivity contribution in [2.75, 3.05) is 5.32 Å². The van der Waals surface area contributed by atoms with Crippen molar-refractivity contribution in [2.45, 2.75) is 13.1 Å². The van der Waals surface area contributed by atoms with E-state index in [1.54, 1.807) is 6.92 Å². The van der Waals surface area contributed by atoms with Crippen LogP contribution in [-0.4, -0.2) is 12.0 Å². The Morgan fingerprint density at radius 2 is 2.00 bits per heavy atom. The van der Waals surface area contributed by atoms with E-state index in [9.17, 15) is 18.0 Å². The fourth-order valence-corrected chi connectivity index (χ4v) is 1.22.